The first-order chi connectivity index (χ1) is 20.5. The van der Waals surface area contributed by atoms with Crippen LogP contribution in [0.1, 0.15) is 135 Å². The van der Waals surface area contributed by atoms with Gasteiger partial charge >= 0.3 is 24.2 Å². The number of rotatable bonds is 28. The van der Waals surface area contributed by atoms with Gasteiger partial charge in [-0.3, -0.25) is 9.59 Å². The van der Waals surface area contributed by atoms with Crippen molar-refractivity contribution in [2.45, 2.75) is 148 Å². The lowest BCUT2D eigenvalue weighted by Crippen LogP contribution is -2.37. The van der Waals surface area contributed by atoms with E-state index in [0.717, 1.165) is 45.2 Å². The molecule has 2 amide bonds. The molecule has 5 nitrogen and oxygen atoms in total. The van der Waals surface area contributed by atoms with Gasteiger partial charge in [-0.05, 0) is 77.4 Å². The Morgan fingerprint density at radius 3 is 1.26 bits per heavy atom. The van der Waals surface area contributed by atoms with Crippen LogP contribution in [0.5, 0.6) is 0 Å². The maximum Gasteiger partial charge on any atom is 0.471 e. The molecule has 2 N–H and O–H groups in total. The maximum atomic E-state index is 12.3. The summed E-state index contributed by atoms with van der Waals surface area (Å²) >= 11 is 0. The first-order valence-corrected chi connectivity index (χ1v) is 16.6. The topological polar surface area (TPSA) is 61.4 Å². The fraction of sp³-hybridized carbons (Fsp3) is 0.875. The van der Waals surface area contributed by atoms with Crippen molar-refractivity contribution >= 4 is 11.8 Å². The Labute approximate surface area is 256 Å². The predicted octanol–water partition coefficient (Wildman–Crippen LogP) is 9.02. The van der Waals surface area contributed by atoms with Crippen LogP contribution in [0.15, 0.2) is 12.2 Å². The van der Waals surface area contributed by atoms with Crippen molar-refractivity contribution in [1.82, 2.24) is 15.5 Å². The van der Waals surface area contributed by atoms with Crippen LogP contribution < -0.4 is 10.6 Å². The molecule has 0 radical (unpaired) electrons. The SMILES string of the molecule is CCCCCCCC/C=C\CCCCCCCCN(CCCCCCNC(=O)C(F)(F)F)CCCCNC(=O)C(F)(F)F. The van der Waals surface area contributed by atoms with Crippen LogP contribution >= 0.6 is 0 Å². The number of hydrogen-bond donors (Lipinski definition) is 2. The minimum atomic E-state index is -4.87. The van der Waals surface area contributed by atoms with Crippen molar-refractivity contribution in [1.29, 1.82) is 0 Å². The second-order valence-electron chi connectivity index (χ2n) is 11.4. The lowest BCUT2D eigenvalue weighted by atomic mass is 10.1. The second kappa shape index (κ2) is 26.6. The van der Waals surface area contributed by atoms with Gasteiger partial charge in [0, 0.05) is 13.1 Å². The fourth-order valence-corrected chi connectivity index (χ4v) is 4.80. The smallest absolute Gasteiger partial charge is 0.348 e. The molecule has 0 heterocycles. The number of carbonyl (C=O) groups excluding carboxylic acids is 2. The van der Waals surface area contributed by atoms with E-state index in [1.54, 1.807) is 0 Å². The van der Waals surface area contributed by atoms with E-state index in [4.69, 9.17) is 0 Å². The molecule has 0 unspecified atom stereocenters. The lowest BCUT2D eigenvalue weighted by molar-refractivity contribution is -0.173. The zero-order valence-corrected chi connectivity index (χ0v) is 26.4. The molecule has 0 saturated carbocycles. The number of carbonyl (C=O) groups is 2. The third-order valence-corrected chi connectivity index (χ3v) is 7.37. The molecule has 0 saturated heterocycles. The highest BCUT2D eigenvalue weighted by molar-refractivity contribution is 5.81. The summed E-state index contributed by atoms with van der Waals surface area (Å²) in [6, 6.07) is 0. The van der Waals surface area contributed by atoms with Gasteiger partial charge in [0.15, 0.2) is 0 Å². The summed E-state index contributed by atoms with van der Waals surface area (Å²) in [4.78, 5) is 24.1. The maximum absolute atomic E-state index is 12.3. The second-order valence-corrected chi connectivity index (χ2v) is 11.4. The highest BCUT2D eigenvalue weighted by atomic mass is 19.4. The molecule has 0 rings (SSSR count). The Balaban J connectivity index is 4.09. The first kappa shape index (κ1) is 41.2. The van der Waals surface area contributed by atoms with Crippen LogP contribution in [0.25, 0.3) is 0 Å². The Morgan fingerprint density at radius 2 is 0.837 bits per heavy atom. The van der Waals surface area contributed by atoms with Gasteiger partial charge in [0.25, 0.3) is 0 Å². The molecule has 0 atom stereocenters. The monoisotopic (exact) mass is 629 g/mol. The Kier molecular flexibility index (Phi) is 25.5. The van der Waals surface area contributed by atoms with Crippen LogP contribution in [0, 0.1) is 0 Å². The molecule has 0 aromatic heterocycles. The van der Waals surface area contributed by atoms with Crippen LogP contribution in [0.4, 0.5) is 26.3 Å². The zero-order chi connectivity index (χ0) is 32.2. The van der Waals surface area contributed by atoms with Crippen LogP contribution in [-0.4, -0.2) is 61.8 Å². The predicted molar refractivity (Wildman–Crippen MR) is 162 cm³/mol. The molecule has 0 aliphatic carbocycles. The fourth-order valence-electron chi connectivity index (χ4n) is 4.80. The molecule has 0 aliphatic rings. The number of nitrogens with zero attached hydrogens (tertiary/aromatic N) is 1. The molecule has 0 aromatic carbocycles. The number of allylic oxidation sites excluding steroid dienone is 2. The Hall–Kier alpha value is -1.78. The molecule has 0 spiro atoms. The number of hydrogen-bond acceptors (Lipinski definition) is 3. The molecule has 11 heteroatoms. The lowest BCUT2D eigenvalue weighted by Gasteiger charge is -2.22. The van der Waals surface area contributed by atoms with E-state index in [1.807, 2.05) is 10.6 Å². The molecule has 0 bridgehead atoms. The van der Waals surface area contributed by atoms with Crippen molar-refractivity contribution in [3.63, 3.8) is 0 Å². The molecule has 0 aliphatic heterocycles. The molecule has 254 valence electrons. The minimum Gasteiger partial charge on any atom is -0.348 e. The number of alkyl halides is 6. The van der Waals surface area contributed by atoms with E-state index in [1.165, 1.54) is 70.6 Å². The minimum absolute atomic E-state index is 0.0127. The van der Waals surface area contributed by atoms with E-state index in [0.29, 0.717) is 32.2 Å². The average Bonchev–Trinajstić information content (AvgIpc) is 2.94. The van der Waals surface area contributed by atoms with Gasteiger partial charge in [-0.25, -0.2) is 0 Å². The number of halogens is 6. The zero-order valence-electron chi connectivity index (χ0n) is 26.4. The third kappa shape index (κ3) is 27.5. The highest BCUT2D eigenvalue weighted by Crippen LogP contribution is 2.15. The van der Waals surface area contributed by atoms with E-state index in [-0.39, 0.29) is 13.1 Å². The van der Waals surface area contributed by atoms with Gasteiger partial charge in [0.2, 0.25) is 0 Å². The van der Waals surface area contributed by atoms with Crippen LogP contribution in [0.3, 0.4) is 0 Å². The summed E-state index contributed by atoms with van der Waals surface area (Å²) in [5, 5.41) is 3.77. The molecule has 0 fully saturated rings. The summed E-state index contributed by atoms with van der Waals surface area (Å²) in [6.07, 6.45) is 16.1. The Bertz CT molecular complexity index is 714. The van der Waals surface area contributed by atoms with Gasteiger partial charge in [0.05, 0.1) is 0 Å². The summed E-state index contributed by atoms with van der Waals surface area (Å²) in [5.41, 5.74) is 0. The first-order valence-electron chi connectivity index (χ1n) is 16.6. The van der Waals surface area contributed by atoms with Gasteiger partial charge in [-0.1, -0.05) is 89.7 Å². The van der Waals surface area contributed by atoms with E-state index >= 15 is 0 Å². The summed E-state index contributed by atoms with van der Waals surface area (Å²) in [7, 11) is 0. The normalized spacial score (nSPS) is 12.4. The largest absolute Gasteiger partial charge is 0.471 e. The summed E-state index contributed by atoms with van der Waals surface area (Å²) < 4.78 is 73.6. The van der Waals surface area contributed by atoms with Gasteiger partial charge in [-0.15, -0.1) is 0 Å². The molecule has 0 aromatic rings. The van der Waals surface area contributed by atoms with Crippen molar-refractivity contribution in [3.05, 3.63) is 12.2 Å². The highest BCUT2D eigenvalue weighted by Gasteiger charge is 2.38. The van der Waals surface area contributed by atoms with Crippen molar-refractivity contribution in [3.8, 4) is 0 Å². The summed E-state index contributed by atoms with van der Waals surface area (Å²) in [5.74, 6) is -3.83. The molecular weight excluding hydrogens is 572 g/mol. The Morgan fingerprint density at radius 1 is 0.512 bits per heavy atom. The number of unbranched alkanes of at least 4 members (excludes halogenated alkanes) is 16. The van der Waals surface area contributed by atoms with Crippen molar-refractivity contribution < 1.29 is 35.9 Å². The van der Waals surface area contributed by atoms with Crippen molar-refractivity contribution in [2.75, 3.05) is 32.7 Å². The van der Waals surface area contributed by atoms with E-state index in [9.17, 15) is 35.9 Å². The number of nitrogens with one attached hydrogen (secondary N) is 2. The summed E-state index contributed by atoms with van der Waals surface area (Å²) in [6.45, 7) is 4.60. The van der Waals surface area contributed by atoms with Crippen LogP contribution in [0.2, 0.25) is 0 Å². The van der Waals surface area contributed by atoms with Gasteiger partial charge < -0.3 is 15.5 Å². The molecule has 43 heavy (non-hydrogen) atoms. The van der Waals surface area contributed by atoms with E-state index < -0.39 is 24.2 Å². The van der Waals surface area contributed by atoms with E-state index in [2.05, 4.69) is 24.0 Å². The third-order valence-electron chi connectivity index (χ3n) is 7.37. The van der Waals surface area contributed by atoms with Crippen molar-refractivity contribution in [2.24, 2.45) is 0 Å². The van der Waals surface area contributed by atoms with Gasteiger partial charge in [0.1, 0.15) is 0 Å². The number of amides is 2. The van der Waals surface area contributed by atoms with Gasteiger partial charge in [-0.2, -0.15) is 26.3 Å². The quantitative estimate of drug-likeness (QED) is 0.0516. The average molecular weight is 630 g/mol. The standard InChI is InChI=1S/C32H57F6N3O2/c1-2-3-4-5-6-7-8-9-10-11-12-13-14-15-17-21-26-41(28-23-20-25-40-30(43)32(36,37)38)27-22-18-16-19-24-39-29(42)31(33,34)35/h9-10H,2-8,11-28H2,1H3,(H,39,42)(H,40,43)/b10-9-. The molecular formula is C32H57F6N3O2. The van der Waals surface area contributed by atoms with Crippen LogP contribution in [-0.2, 0) is 9.59 Å².